The van der Waals surface area contributed by atoms with Crippen molar-refractivity contribution in [3.05, 3.63) is 29.6 Å². The third-order valence-electron chi connectivity index (χ3n) is 2.28. The van der Waals surface area contributed by atoms with E-state index in [-0.39, 0.29) is 0 Å². The molecule has 1 aromatic rings. The Morgan fingerprint density at radius 3 is 3.00 bits per heavy atom. The van der Waals surface area contributed by atoms with E-state index in [0.717, 1.165) is 12.8 Å². The molecule has 0 saturated carbocycles. The molecule has 58 valence electrons. The summed E-state index contributed by atoms with van der Waals surface area (Å²) in [6.07, 6.45) is 5.75. The summed E-state index contributed by atoms with van der Waals surface area (Å²) in [4.78, 5) is 4.04. The molecule has 1 atom stereocenters. The zero-order valence-corrected chi connectivity index (χ0v) is 6.33. The average molecular weight is 149 g/mol. The van der Waals surface area contributed by atoms with Gasteiger partial charge in [0.1, 0.15) is 0 Å². The van der Waals surface area contributed by atoms with E-state index in [1.54, 1.807) is 0 Å². The van der Waals surface area contributed by atoms with Crippen molar-refractivity contribution in [3.8, 4) is 0 Å². The number of aliphatic hydroxyl groups excluding tert-OH is 1. The van der Waals surface area contributed by atoms with Gasteiger partial charge in [-0.15, -0.1) is 0 Å². The number of rotatable bonds is 1. The van der Waals surface area contributed by atoms with Gasteiger partial charge < -0.3 is 5.11 Å². The first-order valence-corrected chi connectivity index (χ1v) is 3.93. The molecule has 0 bridgehead atoms. The third-order valence-corrected chi connectivity index (χ3v) is 2.28. The van der Waals surface area contributed by atoms with Crippen molar-refractivity contribution in [3.63, 3.8) is 0 Å². The molecule has 0 aromatic carbocycles. The van der Waals surface area contributed by atoms with E-state index in [1.165, 1.54) is 11.1 Å². The van der Waals surface area contributed by atoms with Crippen molar-refractivity contribution < 1.29 is 5.11 Å². The quantitative estimate of drug-likeness (QED) is 0.640. The van der Waals surface area contributed by atoms with Gasteiger partial charge in [-0.05, 0) is 36.0 Å². The minimum absolute atomic E-state index is 0.300. The predicted octanol–water partition coefficient (Wildman–Crippen LogP) is 0.789. The normalized spacial score (nSPS) is 21.7. The van der Waals surface area contributed by atoms with Crippen LogP contribution in [0.5, 0.6) is 0 Å². The van der Waals surface area contributed by atoms with Crippen molar-refractivity contribution in [1.29, 1.82) is 0 Å². The standard InChI is InChI=1S/C9H11NO/c11-6-7-3-8-1-2-10-5-9(8)4-7/h1-2,5,7,11H,3-4,6H2/t7-/m0/s1. The molecule has 11 heavy (non-hydrogen) atoms. The van der Waals surface area contributed by atoms with E-state index in [1.807, 2.05) is 18.5 Å². The number of aliphatic hydroxyl groups is 1. The van der Waals surface area contributed by atoms with Gasteiger partial charge in [0, 0.05) is 19.0 Å². The van der Waals surface area contributed by atoms with Crippen LogP contribution in [0.3, 0.4) is 0 Å². The Morgan fingerprint density at radius 2 is 2.27 bits per heavy atom. The van der Waals surface area contributed by atoms with Gasteiger partial charge in [0.05, 0.1) is 0 Å². The van der Waals surface area contributed by atoms with Gasteiger partial charge in [0.2, 0.25) is 0 Å². The minimum Gasteiger partial charge on any atom is -0.396 e. The maximum Gasteiger partial charge on any atom is 0.0465 e. The second-order valence-electron chi connectivity index (χ2n) is 3.10. The summed E-state index contributed by atoms with van der Waals surface area (Å²) in [5.74, 6) is 0.439. The number of hydrogen-bond acceptors (Lipinski definition) is 2. The van der Waals surface area contributed by atoms with Gasteiger partial charge >= 0.3 is 0 Å². The van der Waals surface area contributed by atoms with Crippen LogP contribution in [-0.4, -0.2) is 16.7 Å². The van der Waals surface area contributed by atoms with Crippen LogP contribution < -0.4 is 0 Å². The lowest BCUT2D eigenvalue weighted by molar-refractivity contribution is 0.232. The summed E-state index contributed by atoms with van der Waals surface area (Å²) in [7, 11) is 0. The molecule has 0 fully saturated rings. The van der Waals surface area contributed by atoms with Gasteiger partial charge in [0.15, 0.2) is 0 Å². The molecule has 1 heterocycles. The highest BCUT2D eigenvalue weighted by Crippen LogP contribution is 2.24. The van der Waals surface area contributed by atoms with Crippen LogP contribution in [0.4, 0.5) is 0 Å². The van der Waals surface area contributed by atoms with Crippen molar-refractivity contribution in [2.75, 3.05) is 6.61 Å². The highest BCUT2D eigenvalue weighted by molar-refractivity contribution is 5.28. The van der Waals surface area contributed by atoms with Gasteiger partial charge in [-0.2, -0.15) is 0 Å². The van der Waals surface area contributed by atoms with Crippen LogP contribution in [0.25, 0.3) is 0 Å². The lowest BCUT2D eigenvalue weighted by Crippen LogP contribution is -2.04. The summed E-state index contributed by atoms with van der Waals surface area (Å²) in [5.41, 5.74) is 2.67. The fourth-order valence-electron chi connectivity index (χ4n) is 1.66. The van der Waals surface area contributed by atoms with E-state index >= 15 is 0 Å². The molecule has 1 N–H and O–H groups in total. The Hall–Kier alpha value is -0.890. The lowest BCUT2D eigenvalue weighted by atomic mass is 10.1. The van der Waals surface area contributed by atoms with Gasteiger partial charge in [-0.25, -0.2) is 0 Å². The molecule has 1 aromatic heterocycles. The monoisotopic (exact) mass is 149 g/mol. The summed E-state index contributed by atoms with van der Waals surface area (Å²) >= 11 is 0. The van der Waals surface area contributed by atoms with Crippen LogP contribution in [0.2, 0.25) is 0 Å². The zero-order chi connectivity index (χ0) is 7.68. The summed E-state index contributed by atoms with van der Waals surface area (Å²) in [6, 6.07) is 2.05. The summed E-state index contributed by atoms with van der Waals surface area (Å²) in [6.45, 7) is 0.300. The Bertz CT molecular complexity index is 234. The molecule has 1 aliphatic carbocycles. The molecule has 0 aliphatic heterocycles. The number of aromatic nitrogens is 1. The molecule has 2 heteroatoms. The average Bonchev–Trinajstić information content (AvgIpc) is 2.46. The summed E-state index contributed by atoms with van der Waals surface area (Å²) < 4.78 is 0. The SMILES string of the molecule is OC[C@H]1Cc2ccncc2C1. The van der Waals surface area contributed by atoms with Crippen LogP contribution in [-0.2, 0) is 12.8 Å². The molecule has 0 amide bonds. The number of hydrogen-bond donors (Lipinski definition) is 1. The van der Waals surface area contributed by atoms with Crippen molar-refractivity contribution in [2.24, 2.45) is 5.92 Å². The molecule has 0 saturated heterocycles. The molecule has 0 unspecified atom stereocenters. The summed E-state index contributed by atoms with van der Waals surface area (Å²) in [5, 5.41) is 8.92. The fraction of sp³-hybridized carbons (Fsp3) is 0.444. The van der Waals surface area contributed by atoms with Crippen LogP contribution in [0.15, 0.2) is 18.5 Å². The number of fused-ring (bicyclic) bond motifs is 1. The zero-order valence-electron chi connectivity index (χ0n) is 6.33. The Balaban J connectivity index is 2.27. The van der Waals surface area contributed by atoms with E-state index in [0.29, 0.717) is 12.5 Å². The first kappa shape index (κ1) is 6.80. The van der Waals surface area contributed by atoms with E-state index in [4.69, 9.17) is 5.11 Å². The van der Waals surface area contributed by atoms with Crippen LogP contribution in [0.1, 0.15) is 11.1 Å². The van der Waals surface area contributed by atoms with Gasteiger partial charge in [-0.3, -0.25) is 4.98 Å². The van der Waals surface area contributed by atoms with Gasteiger partial charge in [0.25, 0.3) is 0 Å². The first-order valence-electron chi connectivity index (χ1n) is 3.93. The van der Waals surface area contributed by atoms with E-state index in [9.17, 15) is 0 Å². The second-order valence-corrected chi connectivity index (χ2v) is 3.10. The maximum atomic E-state index is 8.92. The Labute approximate surface area is 65.9 Å². The smallest absolute Gasteiger partial charge is 0.0465 e. The highest BCUT2D eigenvalue weighted by atomic mass is 16.3. The largest absolute Gasteiger partial charge is 0.396 e. The molecule has 2 nitrogen and oxygen atoms in total. The third kappa shape index (κ3) is 1.14. The van der Waals surface area contributed by atoms with Crippen molar-refractivity contribution in [2.45, 2.75) is 12.8 Å². The molecular weight excluding hydrogens is 138 g/mol. The predicted molar refractivity (Wildman–Crippen MR) is 42.2 cm³/mol. The molecule has 0 radical (unpaired) electrons. The van der Waals surface area contributed by atoms with Crippen LogP contribution >= 0.6 is 0 Å². The second kappa shape index (κ2) is 2.62. The molecule has 1 aliphatic rings. The van der Waals surface area contributed by atoms with Crippen LogP contribution in [0, 0.1) is 5.92 Å². The molecule has 0 spiro atoms. The number of pyridine rings is 1. The van der Waals surface area contributed by atoms with E-state index < -0.39 is 0 Å². The molecular formula is C9H11NO. The van der Waals surface area contributed by atoms with Crippen molar-refractivity contribution >= 4 is 0 Å². The molecule has 2 rings (SSSR count). The lowest BCUT2D eigenvalue weighted by Gasteiger charge is -2.00. The van der Waals surface area contributed by atoms with Gasteiger partial charge in [-0.1, -0.05) is 0 Å². The topological polar surface area (TPSA) is 33.1 Å². The fourth-order valence-corrected chi connectivity index (χ4v) is 1.66. The van der Waals surface area contributed by atoms with Crippen molar-refractivity contribution in [1.82, 2.24) is 4.98 Å². The Kier molecular flexibility index (Phi) is 1.62. The minimum atomic E-state index is 0.300. The number of nitrogens with zero attached hydrogens (tertiary/aromatic N) is 1. The van der Waals surface area contributed by atoms with E-state index in [2.05, 4.69) is 4.98 Å². The highest BCUT2D eigenvalue weighted by Gasteiger charge is 2.19. The Morgan fingerprint density at radius 1 is 1.45 bits per heavy atom. The first-order chi connectivity index (χ1) is 5.40. The maximum absolute atomic E-state index is 8.92.